The van der Waals surface area contributed by atoms with Gasteiger partial charge in [0.2, 0.25) is 0 Å². The summed E-state index contributed by atoms with van der Waals surface area (Å²) in [5.41, 5.74) is 0. The lowest BCUT2D eigenvalue weighted by Gasteiger charge is -1.93. The summed E-state index contributed by atoms with van der Waals surface area (Å²) >= 11 is 1.13. The van der Waals surface area contributed by atoms with Crippen LogP contribution >= 0.6 is 11.8 Å². The van der Waals surface area contributed by atoms with Crippen molar-refractivity contribution in [1.82, 2.24) is 0 Å². The summed E-state index contributed by atoms with van der Waals surface area (Å²) in [5, 5.41) is 1.68. The van der Waals surface area contributed by atoms with Crippen LogP contribution in [0, 0.1) is 0 Å². The molecule has 0 unspecified atom stereocenters. The van der Waals surface area contributed by atoms with Crippen molar-refractivity contribution in [2.75, 3.05) is 0 Å². The van der Waals surface area contributed by atoms with Gasteiger partial charge >= 0.3 is 0 Å². The summed E-state index contributed by atoms with van der Waals surface area (Å²) in [6.07, 6.45) is 4.23. The highest BCUT2D eigenvalue weighted by Gasteiger charge is 1.92. The van der Waals surface area contributed by atoms with Crippen LogP contribution in [0.3, 0.4) is 0 Å². The van der Waals surface area contributed by atoms with Crippen LogP contribution < -0.4 is 0 Å². The minimum absolute atomic E-state index is 0.0810. The molecule has 0 radical (unpaired) electrons. The second kappa shape index (κ2) is 2.17. The van der Waals surface area contributed by atoms with Crippen LogP contribution in [0.5, 0.6) is 0 Å². The van der Waals surface area contributed by atoms with Crippen molar-refractivity contribution in [3.63, 3.8) is 0 Å². The normalized spacial score (nSPS) is 19.3. The van der Waals surface area contributed by atoms with Gasteiger partial charge in [-0.15, -0.1) is 0 Å². The number of rotatable bonds is 0. The van der Waals surface area contributed by atoms with Crippen LogP contribution in [0.1, 0.15) is 6.42 Å². The first-order valence-electron chi connectivity index (χ1n) is 2.07. The zero-order chi connectivity index (χ0) is 5.11. The van der Waals surface area contributed by atoms with E-state index in [1.54, 1.807) is 11.5 Å². The molecular weight excluding hydrogens is 111 g/mol. The Morgan fingerprint density at radius 1 is 1.71 bits per heavy atom. The fourth-order valence-corrected chi connectivity index (χ4v) is 0.907. The smallest absolute Gasteiger partial charge is 0.157 e. The van der Waals surface area contributed by atoms with Crippen molar-refractivity contribution in [3.8, 4) is 0 Å². The van der Waals surface area contributed by atoms with Crippen LogP contribution in [0.15, 0.2) is 22.7 Å². The van der Waals surface area contributed by atoms with E-state index in [4.69, 9.17) is 0 Å². The number of allylic oxidation sites excluding steroid dienone is 2. The van der Waals surface area contributed by atoms with E-state index >= 15 is 0 Å². The summed E-state index contributed by atoms with van der Waals surface area (Å²) in [5.74, 6) is 0. The zero-order valence-corrected chi connectivity index (χ0v) is 4.54. The fraction of sp³-hybridized carbons (Fsp3) is 0.200. The van der Waals surface area contributed by atoms with Gasteiger partial charge in [0.25, 0.3) is 0 Å². The van der Waals surface area contributed by atoms with E-state index in [1.807, 2.05) is 6.08 Å². The van der Waals surface area contributed by atoms with Crippen LogP contribution in [0.4, 0.5) is 4.39 Å². The average Bonchev–Trinajstić information content (AvgIpc) is 1.69. The lowest BCUT2D eigenvalue weighted by molar-refractivity contribution is 0.695. The van der Waals surface area contributed by atoms with Crippen molar-refractivity contribution in [2.24, 2.45) is 0 Å². The minimum atomic E-state index is -0.0810. The SMILES string of the molecule is FC1=CCC=CS1. The number of hydrogen-bond acceptors (Lipinski definition) is 1. The first-order valence-corrected chi connectivity index (χ1v) is 2.95. The second-order valence-corrected chi connectivity index (χ2v) is 2.13. The molecule has 0 aliphatic carbocycles. The highest BCUT2D eigenvalue weighted by Crippen LogP contribution is 2.22. The van der Waals surface area contributed by atoms with Crippen LogP contribution in [-0.4, -0.2) is 0 Å². The molecule has 7 heavy (non-hydrogen) atoms. The molecule has 1 aliphatic heterocycles. The monoisotopic (exact) mass is 116 g/mol. The molecule has 1 heterocycles. The summed E-state index contributed by atoms with van der Waals surface area (Å²) in [7, 11) is 0. The Bertz CT molecular complexity index is 115. The number of hydrogen-bond donors (Lipinski definition) is 0. The number of thioether (sulfide) groups is 1. The molecule has 0 aromatic carbocycles. The molecule has 0 N–H and O–H groups in total. The molecule has 2 heteroatoms. The molecular formula is C5H5FS. The zero-order valence-electron chi connectivity index (χ0n) is 3.73. The molecule has 0 saturated heterocycles. The van der Waals surface area contributed by atoms with Crippen molar-refractivity contribution < 1.29 is 4.39 Å². The molecule has 0 aromatic rings. The third-order valence-electron chi connectivity index (χ3n) is 0.691. The topological polar surface area (TPSA) is 0 Å². The lowest BCUT2D eigenvalue weighted by atomic mass is 10.4. The average molecular weight is 116 g/mol. The van der Waals surface area contributed by atoms with Gasteiger partial charge in [-0.05, 0) is 17.9 Å². The van der Waals surface area contributed by atoms with E-state index in [1.165, 1.54) is 0 Å². The van der Waals surface area contributed by atoms with Crippen molar-refractivity contribution in [3.05, 3.63) is 22.7 Å². The predicted octanol–water partition coefficient (Wildman–Crippen LogP) is 2.45. The van der Waals surface area contributed by atoms with E-state index in [9.17, 15) is 4.39 Å². The maximum absolute atomic E-state index is 12.0. The van der Waals surface area contributed by atoms with E-state index in [0.717, 1.165) is 18.2 Å². The van der Waals surface area contributed by atoms with E-state index in [-0.39, 0.29) is 5.16 Å². The molecule has 1 aliphatic rings. The summed E-state index contributed by atoms with van der Waals surface area (Å²) < 4.78 is 12.0. The van der Waals surface area contributed by atoms with Gasteiger partial charge in [0.15, 0.2) is 5.16 Å². The summed E-state index contributed by atoms with van der Waals surface area (Å²) in [4.78, 5) is 0. The molecule has 1 rings (SSSR count). The Balaban J connectivity index is 2.50. The van der Waals surface area contributed by atoms with Gasteiger partial charge < -0.3 is 0 Å². The maximum Gasteiger partial charge on any atom is 0.157 e. The van der Waals surface area contributed by atoms with Gasteiger partial charge in [-0.25, -0.2) is 0 Å². The molecule has 0 fully saturated rings. The van der Waals surface area contributed by atoms with Crippen LogP contribution in [0.2, 0.25) is 0 Å². The maximum atomic E-state index is 12.0. The minimum Gasteiger partial charge on any atom is -0.199 e. The summed E-state index contributed by atoms with van der Waals surface area (Å²) in [6, 6.07) is 0. The van der Waals surface area contributed by atoms with Gasteiger partial charge in [0, 0.05) is 0 Å². The Morgan fingerprint density at radius 3 is 2.86 bits per heavy atom. The third kappa shape index (κ3) is 1.35. The van der Waals surface area contributed by atoms with Crippen LogP contribution in [-0.2, 0) is 0 Å². The molecule has 0 saturated carbocycles. The van der Waals surface area contributed by atoms with Gasteiger partial charge in [-0.1, -0.05) is 17.8 Å². The summed E-state index contributed by atoms with van der Waals surface area (Å²) in [6.45, 7) is 0. The highest BCUT2D eigenvalue weighted by molar-refractivity contribution is 8.05. The van der Waals surface area contributed by atoms with E-state index in [0.29, 0.717) is 0 Å². The lowest BCUT2D eigenvalue weighted by Crippen LogP contribution is -1.67. The standard InChI is InChI=1S/C5H5FS/c6-5-3-1-2-4-7-5/h2-4H,1H2. The fourth-order valence-electron chi connectivity index (χ4n) is 0.377. The Kier molecular flexibility index (Phi) is 1.52. The molecule has 0 bridgehead atoms. The van der Waals surface area contributed by atoms with Crippen molar-refractivity contribution in [1.29, 1.82) is 0 Å². The molecule has 38 valence electrons. The third-order valence-corrected chi connectivity index (χ3v) is 1.41. The van der Waals surface area contributed by atoms with E-state index in [2.05, 4.69) is 0 Å². The quantitative estimate of drug-likeness (QED) is 0.468. The van der Waals surface area contributed by atoms with Gasteiger partial charge in [0.1, 0.15) is 0 Å². The van der Waals surface area contributed by atoms with Gasteiger partial charge in [0.05, 0.1) is 0 Å². The van der Waals surface area contributed by atoms with E-state index < -0.39 is 0 Å². The Labute approximate surface area is 46.1 Å². The predicted molar refractivity (Wildman–Crippen MR) is 30.5 cm³/mol. The molecule has 0 amide bonds. The van der Waals surface area contributed by atoms with Crippen LogP contribution in [0.25, 0.3) is 0 Å². The van der Waals surface area contributed by atoms with Crippen molar-refractivity contribution >= 4 is 11.8 Å². The van der Waals surface area contributed by atoms with Crippen molar-refractivity contribution in [2.45, 2.75) is 6.42 Å². The first-order chi connectivity index (χ1) is 3.39. The largest absolute Gasteiger partial charge is 0.199 e. The Morgan fingerprint density at radius 2 is 2.57 bits per heavy atom. The van der Waals surface area contributed by atoms with Gasteiger partial charge in [-0.2, -0.15) is 4.39 Å². The molecule has 0 aromatic heterocycles. The second-order valence-electron chi connectivity index (χ2n) is 1.23. The molecule has 0 nitrogen and oxygen atoms in total. The first kappa shape index (κ1) is 4.91. The highest BCUT2D eigenvalue weighted by atomic mass is 32.2. The molecule has 0 spiro atoms. The number of halogens is 1. The Hall–Kier alpha value is -0.240. The van der Waals surface area contributed by atoms with Gasteiger partial charge in [-0.3, -0.25) is 0 Å². The molecule has 0 atom stereocenters.